The third kappa shape index (κ3) is 2.06. The number of nitrogens with two attached hydrogens (primary N) is 1. The number of aromatic nitrogens is 1. The van der Waals surface area contributed by atoms with Gasteiger partial charge in [0.1, 0.15) is 0 Å². The van der Waals surface area contributed by atoms with E-state index in [1.54, 1.807) is 0 Å². The van der Waals surface area contributed by atoms with Gasteiger partial charge < -0.3 is 5.73 Å². The van der Waals surface area contributed by atoms with Gasteiger partial charge in [0, 0.05) is 10.7 Å². The first kappa shape index (κ1) is 8.29. The van der Waals surface area contributed by atoms with Crippen LogP contribution in [0.1, 0.15) is 0 Å². The fourth-order valence-electron chi connectivity index (χ4n) is 0.536. The number of hydrogen-bond donors (Lipinski definition) is 1. The third-order valence-electron chi connectivity index (χ3n) is 1.01. The number of rotatable bonds is 1. The van der Waals surface area contributed by atoms with Crippen LogP contribution in [0.15, 0.2) is 23.4 Å². The molecule has 1 aromatic rings. The lowest BCUT2D eigenvalue weighted by molar-refractivity contribution is 0.606. The van der Waals surface area contributed by atoms with Crippen molar-refractivity contribution >= 4 is 25.4 Å². The molecule has 0 radical (unpaired) electrons. The van der Waals surface area contributed by atoms with Crippen molar-refractivity contribution < 1.29 is 8.42 Å². The van der Waals surface area contributed by atoms with E-state index in [0.29, 0.717) is 5.69 Å². The van der Waals surface area contributed by atoms with Crippen LogP contribution in [0.2, 0.25) is 0 Å². The molecule has 2 N–H and O–H groups in total. The van der Waals surface area contributed by atoms with Crippen LogP contribution in [0.3, 0.4) is 0 Å². The van der Waals surface area contributed by atoms with Gasteiger partial charge in [-0.2, -0.15) is 0 Å². The third-order valence-corrected chi connectivity index (χ3v) is 2.22. The highest BCUT2D eigenvalue weighted by Crippen LogP contribution is 2.11. The molecule has 0 aliphatic rings. The average molecular weight is 193 g/mol. The van der Waals surface area contributed by atoms with Crippen LogP contribution in [0.4, 0.5) is 5.69 Å². The van der Waals surface area contributed by atoms with Crippen molar-refractivity contribution in [1.29, 1.82) is 0 Å². The van der Waals surface area contributed by atoms with Crippen molar-refractivity contribution in [1.82, 2.24) is 4.98 Å². The maximum atomic E-state index is 10.6. The molecule has 4 nitrogen and oxygen atoms in total. The maximum Gasteiger partial charge on any atom is 0.278 e. The molecule has 6 heteroatoms. The summed E-state index contributed by atoms with van der Waals surface area (Å²) in [6.45, 7) is 0. The van der Waals surface area contributed by atoms with E-state index in [1.165, 1.54) is 18.3 Å². The van der Waals surface area contributed by atoms with Crippen LogP contribution < -0.4 is 5.73 Å². The van der Waals surface area contributed by atoms with Gasteiger partial charge in [0.15, 0.2) is 5.03 Å². The topological polar surface area (TPSA) is 73.1 Å². The lowest BCUT2D eigenvalue weighted by Crippen LogP contribution is -1.95. The first-order valence-electron chi connectivity index (χ1n) is 2.66. The predicted octanol–water partition coefficient (Wildman–Crippen LogP) is 0.591. The van der Waals surface area contributed by atoms with Gasteiger partial charge in [-0.15, -0.1) is 0 Å². The van der Waals surface area contributed by atoms with E-state index in [1.807, 2.05) is 0 Å². The second-order valence-electron chi connectivity index (χ2n) is 1.87. The number of pyridine rings is 1. The van der Waals surface area contributed by atoms with E-state index in [4.69, 9.17) is 16.4 Å². The fourth-order valence-corrected chi connectivity index (χ4v) is 1.22. The largest absolute Gasteiger partial charge is 0.397 e. The van der Waals surface area contributed by atoms with Crippen molar-refractivity contribution in [3.63, 3.8) is 0 Å². The van der Waals surface area contributed by atoms with Crippen molar-refractivity contribution in [3.8, 4) is 0 Å². The van der Waals surface area contributed by atoms with Crippen molar-refractivity contribution in [2.45, 2.75) is 5.03 Å². The highest BCUT2D eigenvalue weighted by molar-refractivity contribution is 8.13. The van der Waals surface area contributed by atoms with Crippen molar-refractivity contribution in [2.75, 3.05) is 5.73 Å². The van der Waals surface area contributed by atoms with E-state index < -0.39 is 9.05 Å². The molecule has 1 rings (SSSR count). The lowest BCUT2D eigenvalue weighted by atomic mass is 10.4. The lowest BCUT2D eigenvalue weighted by Gasteiger charge is -1.93. The van der Waals surface area contributed by atoms with Crippen molar-refractivity contribution in [2.24, 2.45) is 0 Å². The second-order valence-corrected chi connectivity index (χ2v) is 4.38. The molecule has 0 unspecified atom stereocenters. The highest BCUT2D eigenvalue weighted by atomic mass is 35.7. The molecule has 0 aliphatic heterocycles. The number of halogens is 1. The zero-order valence-electron chi connectivity index (χ0n) is 5.36. The summed E-state index contributed by atoms with van der Waals surface area (Å²) in [7, 11) is 1.27. The Hall–Kier alpha value is -0.810. The van der Waals surface area contributed by atoms with E-state index in [-0.39, 0.29) is 5.03 Å². The molecule has 0 saturated heterocycles. The Morgan fingerprint density at radius 3 is 2.45 bits per heavy atom. The number of nitrogen functional groups attached to an aromatic ring is 1. The summed E-state index contributed by atoms with van der Waals surface area (Å²) in [6, 6.07) is 2.67. The molecule has 0 amide bonds. The van der Waals surface area contributed by atoms with Gasteiger partial charge in [-0.3, -0.25) is 0 Å². The summed E-state index contributed by atoms with van der Waals surface area (Å²) in [5, 5.41) is -0.187. The summed E-state index contributed by atoms with van der Waals surface area (Å²) in [5.74, 6) is 0. The first-order valence-corrected chi connectivity index (χ1v) is 4.97. The minimum Gasteiger partial charge on any atom is -0.397 e. The van der Waals surface area contributed by atoms with Crippen LogP contribution in [0.25, 0.3) is 0 Å². The van der Waals surface area contributed by atoms with Gasteiger partial charge in [-0.25, -0.2) is 13.4 Å². The van der Waals surface area contributed by atoms with Crippen LogP contribution in [-0.4, -0.2) is 13.4 Å². The Balaban J connectivity index is 3.20. The average Bonchev–Trinajstić information content (AvgIpc) is 1.86. The van der Waals surface area contributed by atoms with Gasteiger partial charge in [-0.05, 0) is 12.1 Å². The van der Waals surface area contributed by atoms with Gasteiger partial charge >= 0.3 is 0 Å². The normalized spacial score (nSPS) is 11.4. The molecule has 0 aromatic carbocycles. The van der Waals surface area contributed by atoms with E-state index >= 15 is 0 Å². The van der Waals surface area contributed by atoms with E-state index in [2.05, 4.69) is 4.98 Å². The fraction of sp³-hybridized carbons (Fsp3) is 0. The van der Waals surface area contributed by atoms with E-state index in [9.17, 15) is 8.42 Å². The molecule has 0 saturated carbocycles. The molecule has 0 bridgehead atoms. The summed E-state index contributed by atoms with van der Waals surface area (Å²) < 4.78 is 21.2. The SMILES string of the molecule is Nc1ccc(S(=O)(=O)Cl)nc1. The summed E-state index contributed by atoms with van der Waals surface area (Å²) in [6.07, 6.45) is 1.23. The molecular weight excluding hydrogens is 188 g/mol. The maximum absolute atomic E-state index is 10.6. The number of hydrogen-bond acceptors (Lipinski definition) is 4. The van der Waals surface area contributed by atoms with E-state index in [0.717, 1.165) is 0 Å². The molecule has 0 atom stereocenters. The quantitative estimate of drug-likeness (QED) is 0.661. The summed E-state index contributed by atoms with van der Waals surface area (Å²) in [5.41, 5.74) is 5.67. The van der Waals surface area contributed by atoms with Crippen LogP contribution in [-0.2, 0) is 9.05 Å². The summed E-state index contributed by atoms with van der Waals surface area (Å²) >= 11 is 0. The number of nitrogens with zero attached hydrogens (tertiary/aromatic N) is 1. The van der Waals surface area contributed by atoms with Gasteiger partial charge in [0.05, 0.1) is 11.9 Å². The monoisotopic (exact) mass is 192 g/mol. The molecule has 11 heavy (non-hydrogen) atoms. The zero-order chi connectivity index (χ0) is 8.48. The molecule has 60 valence electrons. The van der Waals surface area contributed by atoms with Crippen LogP contribution >= 0.6 is 10.7 Å². The standard InChI is InChI=1S/C5H5ClN2O2S/c6-11(9,10)5-2-1-4(7)3-8-5/h1-3H,7H2. The Morgan fingerprint density at radius 2 is 2.09 bits per heavy atom. The summed E-state index contributed by atoms with van der Waals surface area (Å²) in [4.78, 5) is 3.50. The Kier molecular flexibility index (Phi) is 2.01. The Labute approximate surface area is 68.4 Å². The zero-order valence-corrected chi connectivity index (χ0v) is 6.93. The molecule has 1 aromatic heterocycles. The van der Waals surface area contributed by atoms with Gasteiger partial charge in [-0.1, -0.05) is 0 Å². The minimum atomic E-state index is -3.71. The molecule has 0 spiro atoms. The molecule has 1 heterocycles. The van der Waals surface area contributed by atoms with Crippen molar-refractivity contribution in [3.05, 3.63) is 18.3 Å². The van der Waals surface area contributed by atoms with Gasteiger partial charge in [0.2, 0.25) is 0 Å². The van der Waals surface area contributed by atoms with Gasteiger partial charge in [0.25, 0.3) is 9.05 Å². The smallest absolute Gasteiger partial charge is 0.278 e. The second kappa shape index (κ2) is 2.67. The highest BCUT2D eigenvalue weighted by Gasteiger charge is 2.09. The molecule has 0 fully saturated rings. The Morgan fingerprint density at radius 1 is 1.45 bits per heavy atom. The molecule has 0 aliphatic carbocycles. The predicted molar refractivity (Wildman–Crippen MR) is 41.7 cm³/mol. The Bertz CT molecular complexity index is 345. The minimum absolute atomic E-state index is 0.187. The van der Waals surface area contributed by atoms with Crippen LogP contribution in [0, 0.1) is 0 Å². The van der Waals surface area contributed by atoms with Crippen LogP contribution in [0.5, 0.6) is 0 Å². The first-order chi connectivity index (χ1) is 5.00. The molecular formula is C5H5ClN2O2S. The number of anilines is 1.